The summed E-state index contributed by atoms with van der Waals surface area (Å²) in [6, 6.07) is 9.36. The Hall–Kier alpha value is -1.90. The van der Waals surface area contributed by atoms with Gasteiger partial charge < -0.3 is 15.4 Å². The van der Waals surface area contributed by atoms with Crippen LogP contribution < -0.4 is 5.73 Å². The van der Waals surface area contributed by atoms with E-state index in [2.05, 4.69) is 6.07 Å². The fourth-order valence-corrected chi connectivity index (χ4v) is 2.40. The molecule has 0 radical (unpaired) electrons. The van der Waals surface area contributed by atoms with Crippen LogP contribution in [0, 0.1) is 11.3 Å². The zero-order chi connectivity index (χ0) is 14.5. The van der Waals surface area contributed by atoms with Gasteiger partial charge in [0.15, 0.2) is 0 Å². The average Bonchev–Trinajstić information content (AvgIpc) is 2.95. The molecule has 2 rings (SSSR count). The van der Waals surface area contributed by atoms with Crippen molar-refractivity contribution in [2.75, 3.05) is 13.6 Å². The van der Waals surface area contributed by atoms with Gasteiger partial charge in [-0.25, -0.2) is 0 Å². The standard InChI is InChI=1S/C15H19N3O2/c1-18(10-12-4-2-3-11(7-12)8-16)15(19)14-6-5-13(9-17)20-14/h2-4,7,13-14H,5-6,9-10,17H2,1H3. The van der Waals surface area contributed by atoms with Crippen molar-refractivity contribution in [3.63, 3.8) is 0 Å². The Labute approximate surface area is 118 Å². The van der Waals surface area contributed by atoms with E-state index < -0.39 is 0 Å². The van der Waals surface area contributed by atoms with Gasteiger partial charge in [-0.3, -0.25) is 4.79 Å². The second-order valence-electron chi connectivity index (χ2n) is 5.07. The molecule has 2 N–H and O–H groups in total. The van der Waals surface area contributed by atoms with Crippen molar-refractivity contribution in [3.05, 3.63) is 35.4 Å². The van der Waals surface area contributed by atoms with E-state index in [1.165, 1.54) is 0 Å². The van der Waals surface area contributed by atoms with Gasteiger partial charge in [0.1, 0.15) is 6.10 Å². The maximum atomic E-state index is 12.3. The average molecular weight is 273 g/mol. The van der Waals surface area contributed by atoms with Gasteiger partial charge in [-0.15, -0.1) is 0 Å². The highest BCUT2D eigenvalue weighted by Crippen LogP contribution is 2.21. The van der Waals surface area contributed by atoms with Gasteiger partial charge in [-0.05, 0) is 30.5 Å². The molecule has 1 heterocycles. The number of hydrogen-bond acceptors (Lipinski definition) is 4. The van der Waals surface area contributed by atoms with Crippen LogP contribution in [-0.2, 0) is 16.1 Å². The molecule has 106 valence electrons. The highest BCUT2D eigenvalue weighted by Gasteiger charge is 2.31. The molecule has 0 aromatic heterocycles. The Morgan fingerprint density at radius 1 is 1.55 bits per heavy atom. The molecule has 5 nitrogen and oxygen atoms in total. The summed E-state index contributed by atoms with van der Waals surface area (Å²) in [5.74, 6) is -0.0247. The van der Waals surface area contributed by atoms with Gasteiger partial charge in [0.2, 0.25) is 0 Å². The van der Waals surface area contributed by atoms with Crippen LogP contribution >= 0.6 is 0 Å². The van der Waals surface area contributed by atoms with Crippen LogP contribution in [-0.4, -0.2) is 36.6 Å². The van der Waals surface area contributed by atoms with E-state index in [9.17, 15) is 4.79 Å². The third-order valence-electron chi connectivity index (χ3n) is 3.50. The maximum Gasteiger partial charge on any atom is 0.251 e. The normalized spacial score (nSPS) is 21.4. The smallest absolute Gasteiger partial charge is 0.251 e. The molecule has 0 spiro atoms. The molecule has 1 amide bonds. The van der Waals surface area contributed by atoms with Crippen LogP contribution in [0.15, 0.2) is 24.3 Å². The first-order valence-electron chi connectivity index (χ1n) is 6.73. The summed E-state index contributed by atoms with van der Waals surface area (Å²) in [7, 11) is 1.75. The number of ether oxygens (including phenoxy) is 1. The molecule has 1 aromatic rings. The summed E-state index contributed by atoms with van der Waals surface area (Å²) in [6.07, 6.45) is 1.18. The third kappa shape index (κ3) is 3.35. The molecule has 1 saturated heterocycles. The van der Waals surface area contributed by atoms with Gasteiger partial charge in [0.25, 0.3) is 5.91 Å². The highest BCUT2D eigenvalue weighted by molar-refractivity contribution is 5.81. The number of nitrogens with two attached hydrogens (primary N) is 1. The first-order chi connectivity index (χ1) is 9.63. The second kappa shape index (κ2) is 6.51. The SMILES string of the molecule is CN(Cc1cccc(C#N)c1)C(=O)C1CCC(CN)O1. The number of hydrogen-bond donors (Lipinski definition) is 1. The topological polar surface area (TPSA) is 79.4 Å². The molecule has 1 aliphatic rings. The Bertz CT molecular complexity index is 524. The van der Waals surface area contributed by atoms with Gasteiger partial charge in [-0.1, -0.05) is 12.1 Å². The van der Waals surface area contributed by atoms with E-state index in [1.807, 2.05) is 12.1 Å². The van der Waals surface area contributed by atoms with Crippen molar-refractivity contribution in [3.8, 4) is 6.07 Å². The fraction of sp³-hybridized carbons (Fsp3) is 0.467. The van der Waals surface area contributed by atoms with E-state index in [1.54, 1.807) is 24.1 Å². The lowest BCUT2D eigenvalue weighted by atomic mass is 10.1. The molecule has 20 heavy (non-hydrogen) atoms. The van der Waals surface area contributed by atoms with Crippen molar-refractivity contribution in [1.29, 1.82) is 5.26 Å². The van der Waals surface area contributed by atoms with Crippen molar-refractivity contribution >= 4 is 5.91 Å². The molecule has 0 aliphatic carbocycles. The zero-order valence-electron chi connectivity index (χ0n) is 11.6. The van der Waals surface area contributed by atoms with Crippen LogP contribution in [0.1, 0.15) is 24.0 Å². The fourth-order valence-electron chi connectivity index (χ4n) is 2.40. The minimum absolute atomic E-state index is 0.000679. The molecule has 2 unspecified atom stereocenters. The number of likely N-dealkylation sites (N-methyl/N-ethyl adjacent to an activating group) is 1. The largest absolute Gasteiger partial charge is 0.364 e. The molecule has 0 saturated carbocycles. The van der Waals surface area contributed by atoms with Gasteiger partial charge >= 0.3 is 0 Å². The van der Waals surface area contributed by atoms with Crippen LogP contribution in [0.4, 0.5) is 0 Å². The molecule has 2 atom stereocenters. The Balaban J connectivity index is 1.96. The zero-order valence-corrected chi connectivity index (χ0v) is 11.6. The first kappa shape index (κ1) is 14.5. The molecule has 1 aliphatic heterocycles. The predicted molar refractivity (Wildman–Crippen MR) is 74.6 cm³/mol. The maximum absolute atomic E-state index is 12.3. The lowest BCUT2D eigenvalue weighted by Crippen LogP contribution is -2.36. The second-order valence-corrected chi connectivity index (χ2v) is 5.07. The van der Waals surface area contributed by atoms with Crippen molar-refractivity contribution < 1.29 is 9.53 Å². The van der Waals surface area contributed by atoms with Gasteiger partial charge in [-0.2, -0.15) is 5.26 Å². The van der Waals surface area contributed by atoms with Crippen LogP contribution in [0.2, 0.25) is 0 Å². The Kier molecular flexibility index (Phi) is 4.72. The van der Waals surface area contributed by atoms with Crippen LogP contribution in [0.3, 0.4) is 0 Å². The Morgan fingerprint density at radius 3 is 3.00 bits per heavy atom. The monoisotopic (exact) mass is 273 g/mol. The molecule has 0 bridgehead atoms. The van der Waals surface area contributed by atoms with Gasteiger partial charge in [0, 0.05) is 20.1 Å². The summed E-state index contributed by atoms with van der Waals surface area (Å²) >= 11 is 0. The first-order valence-corrected chi connectivity index (χ1v) is 6.73. The lowest BCUT2D eigenvalue weighted by molar-refractivity contribution is -0.141. The number of nitriles is 1. The van der Waals surface area contributed by atoms with Gasteiger partial charge in [0.05, 0.1) is 17.7 Å². The lowest BCUT2D eigenvalue weighted by Gasteiger charge is -2.21. The number of carbonyl (C=O) groups is 1. The van der Waals surface area contributed by atoms with Crippen molar-refractivity contribution in [2.24, 2.45) is 5.73 Å². The van der Waals surface area contributed by atoms with E-state index in [4.69, 9.17) is 15.7 Å². The molecule has 1 aromatic carbocycles. The number of rotatable bonds is 4. The predicted octanol–water partition coefficient (Wildman–Crippen LogP) is 1.02. The molecular weight excluding hydrogens is 254 g/mol. The number of amides is 1. The summed E-state index contributed by atoms with van der Waals surface area (Å²) in [5, 5.41) is 8.87. The minimum atomic E-state index is -0.382. The minimum Gasteiger partial charge on any atom is -0.364 e. The highest BCUT2D eigenvalue weighted by atomic mass is 16.5. The number of nitrogens with zero attached hydrogens (tertiary/aromatic N) is 2. The number of benzene rings is 1. The van der Waals surface area contributed by atoms with E-state index in [0.717, 1.165) is 18.4 Å². The van der Waals surface area contributed by atoms with E-state index in [0.29, 0.717) is 18.7 Å². The summed E-state index contributed by atoms with van der Waals surface area (Å²) in [6.45, 7) is 0.930. The van der Waals surface area contributed by atoms with Crippen molar-refractivity contribution in [2.45, 2.75) is 31.6 Å². The Morgan fingerprint density at radius 2 is 2.35 bits per heavy atom. The molecular formula is C15H19N3O2. The summed E-state index contributed by atoms with van der Waals surface area (Å²) in [4.78, 5) is 13.9. The van der Waals surface area contributed by atoms with Crippen LogP contribution in [0.25, 0.3) is 0 Å². The third-order valence-corrected chi connectivity index (χ3v) is 3.50. The van der Waals surface area contributed by atoms with Crippen LogP contribution in [0.5, 0.6) is 0 Å². The summed E-state index contributed by atoms with van der Waals surface area (Å²) < 4.78 is 5.61. The quantitative estimate of drug-likeness (QED) is 0.888. The van der Waals surface area contributed by atoms with Crippen molar-refractivity contribution in [1.82, 2.24) is 4.90 Å². The number of carbonyl (C=O) groups excluding carboxylic acids is 1. The molecule has 1 fully saturated rings. The van der Waals surface area contributed by atoms with E-state index in [-0.39, 0.29) is 18.1 Å². The molecule has 5 heteroatoms. The van der Waals surface area contributed by atoms with E-state index >= 15 is 0 Å². The summed E-state index contributed by atoms with van der Waals surface area (Å²) in [5.41, 5.74) is 7.09.